The van der Waals surface area contributed by atoms with Crippen molar-refractivity contribution in [3.05, 3.63) is 34.6 Å². The van der Waals surface area contributed by atoms with Gasteiger partial charge in [0, 0.05) is 26.1 Å². The summed E-state index contributed by atoms with van der Waals surface area (Å²) < 4.78 is 1.60. The summed E-state index contributed by atoms with van der Waals surface area (Å²) in [5, 5.41) is 9.94. The number of hydrogen-bond acceptors (Lipinski definition) is 5. The Morgan fingerprint density at radius 3 is 2.80 bits per heavy atom. The number of hydrogen-bond donors (Lipinski definition) is 0. The molecular weight excluding hydrogens is 336 g/mol. The molecule has 1 amide bonds. The molecule has 1 aromatic heterocycles. The Morgan fingerprint density at radius 1 is 1.28 bits per heavy atom. The number of carbonyl (C=O) groups excluding carboxylic acids is 1. The lowest BCUT2D eigenvalue weighted by Crippen LogP contribution is -2.28. The number of fused-ring (bicyclic) bond motifs is 1. The zero-order chi connectivity index (χ0) is 17.6. The standard InChI is InChI=1S/C18H20N4O2S/c19-9-13-25-18-20-15-7-2-1-6-14(15)17(24)22(18)12-5-8-16(23)21-10-3-4-11-21/h1-2,6-7H,3-5,8,10-13H2. The summed E-state index contributed by atoms with van der Waals surface area (Å²) in [6.07, 6.45) is 3.18. The van der Waals surface area contributed by atoms with E-state index in [0.717, 1.165) is 25.9 Å². The molecule has 6 nitrogen and oxygen atoms in total. The molecule has 0 radical (unpaired) electrons. The fourth-order valence-corrected chi connectivity index (χ4v) is 3.75. The highest BCUT2D eigenvalue weighted by atomic mass is 32.2. The lowest BCUT2D eigenvalue weighted by atomic mass is 10.2. The van der Waals surface area contributed by atoms with Gasteiger partial charge in [-0.3, -0.25) is 14.2 Å². The van der Waals surface area contributed by atoms with Crippen molar-refractivity contribution in [2.45, 2.75) is 37.4 Å². The molecule has 2 heterocycles. The molecule has 1 aliphatic rings. The molecule has 0 spiro atoms. The first-order valence-electron chi connectivity index (χ1n) is 8.48. The van der Waals surface area contributed by atoms with Crippen molar-refractivity contribution in [2.75, 3.05) is 18.8 Å². The van der Waals surface area contributed by atoms with E-state index in [9.17, 15) is 9.59 Å². The summed E-state index contributed by atoms with van der Waals surface area (Å²) in [6, 6.07) is 9.28. The van der Waals surface area contributed by atoms with Crippen LogP contribution in [-0.2, 0) is 11.3 Å². The molecule has 0 unspecified atom stereocenters. The van der Waals surface area contributed by atoms with E-state index in [2.05, 4.69) is 11.1 Å². The molecule has 0 aliphatic carbocycles. The number of nitrogens with zero attached hydrogens (tertiary/aromatic N) is 4. The van der Waals surface area contributed by atoms with Crippen molar-refractivity contribution in [3.8, 4) is 6.07 Å². The van der Waals surface area contributed by atoms with E-state index in [1.165, 1.54) is 11.8 Å². The molecule has 0 bridgehead atoms. The fraction of sp³-hybridized carbons (Fsp3) is 0.444. The van der Waals surface area contributed by atoms with Gasteiger partial charge in [-0.15, -0.1) is 0 Å². The van der Waals surface area contributed by atoms with Gasteiger partial charge in [0.25, 0.3) is 5.56 Å². The second kappa shape index (κ2) is 8.17. The highest BCUT2D eigenvalue weighted by molar-refractivity contribution is 7.99. The second-order valence-electron chi connectivity index (χ2n) is 6.01. The highest BCUT2D eigenvalue weighted by Crippen LogP contribution is 2.18. The topological polar surface area (TPSA) is 79.0 Å². The Kier molecular flexibility index (Phi) is 5.71. The van der Waals surface area contributed by atoms with Crippen molar-refractivity contribution in [1.82, 2.24) is 14.5 Å². The lowest BCUT2D eigenvalue weighted by Gasteiger charge is -2.16. The monoisotopic (exact) mass is 356 g/mol. The van der Waals surface area contributed by atoms with Crippen molar-refractivity contribution in [1.29, 1.82) is 5.26 Å². The molecule has 1 fully saturated rings. The SMILES string of the molecule is N#CCSc1nc2ccccc2c(=O)n1CCCC(=O)N1CCCC1. The normalized spacial score (nSPS) is 14.0. The first-order chi connectivity index (χ1) is 12.2. The number of para-hydroxylation sites is 1. The number of aromatic nitrogens is 2. The number of rotatable bonds is 6. The first-order valence-corrected chi connectivity index (χ1v) is 9.46. The van der Waals surface area contributed by atoms with Gasteiger partial charge in [0.15, 0.2) is 5.16 Å². The number of benzene rings is 1. The summed E-state index contributed by atoms with van der Waals surface area (Å²) in [6.45, 7) is 2.13. The van der Waals surface area contributed by atoms with Gasteiger partial charge in [-0.05, 0) is 31.4 Å². The van der Waals surface area contributed by atoms with Crippen LogP contribution in [0.5, 0.6) is 0 Å². The molecule has 0 atom stereocenters. The molecule has 25 heavy (non-hydrogen) atoms. The Balaban J connectivity index is 1.78. The molecule has 1 aliphatic heterocycles. The third kappa shape index (κ3) is 4.02. The van der Waals surface area contributed by atoms with Gasteiger partial charge in [-0.2, -0.15) is 5.26 Å². The molecule has 7 heteroatoms. The van der Waals surface area contributed by atoms with Crippen LogP contribution < -0.4 is 5.56 Å². The summed E-state index contributed by atoms with van der Waals surface area (Å²) in [7, 11) is 0. The van der Waals surface area contributed by atoms with E-state index < -0.39 is 0 Å². The molecule has 3 rings (SSSR count). The smallest absolute Gasteiger partial charge is 0.262 e. The fourth-order valence-electron chi connectivity index (χ4n) is 3.06. The largest absolute Gasteiger partial charge is 0.343 e. The number of nitriles is 1. The van der Waals surface area contributed by atoms with Crippen LogP contribution in [0.1, 0.15) is 25.7 Å². The predicted octanol–water partition coefficient (Wildman–Crippen LogP) is 2.41. The van der Waals surface area contributed by atoms with Gasteiger partial charge in [0.1, 0.15) is 0 Å². The van der Waals surface area contributed by atoms with Crippen LogP contribution in [0.2, 0.25) is 0 Å². The third-order valence-corrected chi connectivity index (χ3v) is 5.17. The number of amides is 1. The third-order valence-electron chi connectivity index (χ3n) is 4.32. The summed E-state index contributed by atoms with van der Waals surface area (Å²) in [5.41, 5.74) is 0.525. The van der Waals surface area contributed by atoms with E-state index >= 15 is 0 Å². The Labute approximate surface area is 150 Å². The van der Waals surface area contributed by atoms with Crippen molar-refractivity contribution >= 4 is 28.6 Å². The summed E-state index contributed by atoms with van der Waals surface area (Å²) >= 11 is 1.26. The van der Waals surface area contributed by atoms with Crippen LogP contribution >= 0.6 is 11.8 Å². The predicted molar refractivity (Wildman–Crippen MR) is 97.4 cm³/mol. The molecule has 0 N–H and O–H groups in total. The Morgan fingerprint density at radius 2 is 2.04 bits per heavy atom. The minimum atomic E-state index is -0.111. The quantitative estimate of drug-likeness (QED) is 0.587. The van der Waals surface area contributed by atoms with Crippen LogP contribution in [0, 0.1) is 11.3 Å². The van der Waals surface area contributed by atoms with E-state index in [0.29, 0.717) is 35.4 Å². The van der Waals surface area contributed by atoms with Gasteiger partial charge in [0.2, 0.25) is 5.91 Å². The first kappa shape index (κ1) is 17.5. The molecule has 2 aromatic rings. The maximum absolute atomic E-state index is 12.8. The van der Waals surface area contributed by atoms with Crippen molar-refractivity contribution in [3.63, 3.8) is 0 Å². The molecular formula is C18H20N4O2S. The molecule has 0 saturated carbocycles. The average Bonchev–Trinajstić information content (AvgIpc) is 3.17. The van der Waals surface area contributed by atoms with Crippen molar-refractivity contribution in [2.24, 2.45) is 0 Å². The van der Waals surface area contributed by atoms with Gasteiger partial charge in [-0.25, -0.2) is 4.98 Å². The zero-order valence-corrected chi connectivity index (χ0v) is 14.8. The maximum atomic E-state index is 12.8. The molecule has 130 valence electrons. The van der Waals surface area contributed by atoms with E-state index in [4.69, 9.17) is 5.26 Å². The van der Waals surface area contributed by atoms with Crippen LogP contribution in [0.4, 0.5) is 0 Å². The average molecular weight is 356 g/mol. The van der Waals surface area contributed by atoms with Gasteiger partial charge < -0.3 is 4.90 Å². The van der Waals surface area contributed by atoms with Gasteiger partial charge >= 0.3 is 0 Å². The highest BCUT2D eigenvalue weighted by Gasteiger charge is 2.18. The number of carbonyl (C=O) groups is 1. The van der Waals surface area contributed by atoms with E-state index in [-0.39, 0.29) is 17.2 Å². The zero-order valence-electron chi connectivity index (χ0n) is 14.0. The lowest BCUT2D eigenvalue weighted by molar-refractivity contribution is -0.130. The van der Waals surface area contributed by atoms with E-state index in [1.54, 1.807) is 16.7 Å². The van der Waals surface area contributed by atoms with Crippen LogP contribution in [-0.4, -0.2) is 39.2 Å². The minimum Gasteiger partial charge on any atom is -0.343 e. The molecule has 1 aromatic carbocycles. The Hall–Kier alpha value is -2.33. The number of likely N-dealkylation sites (tertiary alicyclic amines) is 1. The van der Waals surface area contributed by atoms with Gasteiger partial charge in [-0.1, -0.05) is 23.9 Å². The van der Waals surface area contributed by atoms with Gasteiger partial charge in [0.05, 0.1) is 22.7 Å². The number of thioether (sulfide) groups is 1. The second-order valence-corrected chi connectivity index (χ2v) is 6.95. The summed E-state index contributed by atoms with van der Waals surface area (Å²) in [4.78, 5) is 31.4. The van der Waals surface area contributed by atoms with E-state index in [1.807, 2.05) is 17.0 Å². The van der Waals surface area contributed by atoms with Crippen LogP contribution in [0.25, 0.3) is 10.9 Å². The summed E-state index contributed by atoms with van der Waals surface area (Å²) in [5.74, 6) is 0.392. The minimum absolute atomic E-state index is 0.111. The maximum Gasteiger partial charge on any atom is 0.262 e. The van der Waals surface area contributed by atoms with Crippen LogP contribution in [0.15, 0.2) is 34.2 Å². The van der Waals surface area contributed by atoms with Crippen LogP contribution in [0.3, 0.4) is 0 Å². The molecule has 1 saturated heterocycles. The van der Waals surface area contributed by atoms with Crippen molar-refractivity contribution < 1.29 is 4.79 Å². The Bertz CT molecular complexity index is 865.